The number of piperazine rings is 1. The number of nitrogen functional groups attached to an aromatic ring is 1. The maximum Gasteiger partial charge on any atom is 0.410 e. The van der Waals surface area contributed by atoms with Crippen molar-refractivity contribution in [3.63, 3.8) is 0 Å². The molecule has 7 heteroatoms. The van der Waals surface area contributed by atoms with Gasteiger partial charge in [0.1, 0.15) is 16.6 Å². The first-order valence-corrected chi connectivity index (χ1v) is 7.28. The Hall–Kier alpha value is -1.69. The molecular formula is C14H21ClN4O2. The molecule has 1 fully saturated rings. The molecule has 6 nitrogen and oxygen atoms in total. The molecule has 1 aromatic heterocycles. The van der Waals surface area contributed by atoms with Gasteiger partial charge in [-0.2, -0.15) is 0 Å². The lowest BCUT2D eigenvalue weighted by atomic mass is 10.2. The minimum Gasteiger partial charge on any atom is -0.444 e. The summed E-state index contributed by atoms with van der Waals surface area (Å²) in [6, 6.07) is 3.40. The maximum atomic E-state index is 12.0. The Kier molecular flexibility index (Phi) is 4.46. The summed E-state index contributed by atoms with van der Waals surface area (Å²) in [6.45, 7) is 8.10. The van der Waals surface area contributed by atoms with E-state index in [1.807, 2.05) is 20.8 Å². The number of hydrogen-bond donors (Lipinski definition) is 1. The summed E-state index contributed by atoms with van der Waals surface area (Å²) in [5.74, 6) is 0.740. The van der Waals surface area contributed by atoms with Gasteiger partial charge in [0.2, 0.25) is 0 Å². The Bertz CT molecular complexity index is 502. The van der Waals surface area contributed by atoms with E-state index in [1.165, 1.54) is 0 Å². The minimum atomic E-state index is -0.475. The zero-order valence-corrected chi connectivity index (χ0v) is 13.4. The largest absolute Gasteiger partial charge is 0.444 e. The normalized spacial score (nSPS) is 16.0. The predicted molar refractivity (Wildman–Crippen MR) is 83.7 cm³/mol. The van der Waals surface area contributed by atoms with Crippen LogP contribution in [0, 0.1) is 0 Å². The third kappa shape index (κ3) is 4.39. The van der Waals surface area contributed by atoms with Crippen LogP contribution in [0.1, 0.15) is 20.8 Å². The first-order valence-electron chi connectivity index (χ1n) is 6.90. The molecule has 2 N–H and O–H groups in total. The molecule has 1 aromatic rings. The van der Waals surface area contributed by atoms with E-state index in [1.54, 1.807) is 17.0 Å². The summed E-state index contributed by atoms with van der Waals surface area (Å²) < 4.78 is 5.37. The van der Waals surface area contributed by atoms with Crippen molar-refractivity contribution in [1.29, 1.82) is 0 Å². The van der Waals surface area contributed by atoms with E-state index in [4.69, 9.17) is 22.1 Å². The molecule has 0 spiro atoms. The number of anilines is 2. The highest BCUT2D eigenvalue weighted by atomic mass is 35.5. The SMILES string of the molecule is CC(C)(C)OC(=O)N1CCN(c2cc(N)cc(Cl)n2)CC1. The molecule has 0 radical (unpaired) electrons. The van der Waals surface area contributed by atoms with Crippen LogP contribution in [0.5, 0.6) is 0 Å². The summed E-state index contributed by atoms with van der Waals surface area (Å²) in [4.78, 5) is 20.0. The lowest BCUT2D eigenvalue weighted by molar-refractivity contribution is 0.0240. The fourth-order valence-electron chi connectivity index (χ4n) is 2.11. The molecule has 0 bridgehead atoms. The second kappa shape index (κ2) is 5.97. The van der Waals surface area contributed by atoms with Gasteiger partial charge >= 0.3 is 6.09 Å². The van der Waals surface area contributed by atoms with Crippen molar-refractivity contribution < 1.29 is 9.53 Å². The van der Waals surface area contributed by atoms with Gasteiger partial charge in [-0.3, -0.25) is 0 Å². The lowest BCUT2D eigenvalue weighted by Gasteiger charge is -2.36. The molecule has 2 heterocycles. The number of halogens is 1. The molecule has 1 aliphatic heterocycles. The third-order valence-corrected chi connectivity index (χ3v) is 3.25. The number of carbonyl (C=O) groups is 1. The average Bonchev–Trinajstić information content (AvgIpc) is 2.35. The summed E-state index contributed by atoms with van der Waals surface area (Å²) in [5, 5.41) is 0.375. The predicted octanol–water partition coefficient (Wildman–Crippen LogP) is 2.37. The fourth-order valence-corrected chi connectivity index (χ4v) is 2.32. The minimum absolute atomic E-state index is 0.277. The van der Waals surface area contributed by atoms with E-state index >= 15 is 0 Å². The van der Waals surface area contributed by atoms with Crippen molar-refractivity contribution >= 4 is 29.2 Å². The summed E-state index contributed by atoms with van der Waals surface area (Å²) in [6.07, 6.45) is -0.277. The van der Waals surface area contributed by atoms with Gasteiger partial charge < -0.3 is 20.3 Å². The molecule has 0 aromatic carbocycles. The van der Waals surface area contributed by atoms with Gasteiger partial charge in [-0.1, -0.05) is 11.6 Å². The third-order valence-electron chi connectivity index (χ3n) is 3.06. The van der Waals surface area contributed by atoms with Crippen LogP contribution in [0.4, 0.5) is 16.3 Å². The van der Waals surface area contributed by atoms with Crippen molar-refractivity contribution in [1.82, 2.24) is 9.88 Å². The number of hydrogen-bond acceptors (Lipinski definition) is 5. The lowest BCUT2D eigenvalue weighted by Crippen LogP contribution is -2.50. The summed E-state index contributed by atoms with van der Waals surface area (Å²) in [7, 11) is 0. The van der Waals surface area contributed by atoms with Crippen molar-refractivity contribution in [3.8, 4) is 0 Å². The van der Waals surface area contributed by atoms with Gasteiger partial charge in [-0.15, -0.1) is 0 Å². The molecule has 21 heavy (non-hydrogen) atoms. The zero-order valence-electron chi connectivity index (χ0n) is 12.6. The van der Waals surface area contributed by atoms with Gasteiger partial charge in [0, 0.05) is 37.9 Å². The quantitative estimate of drug-likeness (QED) is 0.806. The zero-order chi connectivity index (χ0) is 15.6. The van der Waals surface area contributed by atoms with E-state index < -0.39 is 5.60 Å². The Labute approximate surface area is 129 Å². The molecule has 0 aliphatic carbocycles. The van der Waals surface area contributed by atoms with Crippen molar-refractivity contribution in [2.75, 3.05) is 36.8 Å². The molecule has 0 saturated carbocycles. The summed E-state index contributed by atoms with van der Waals surface area (Å²) in [5.41, 5.74) is 5.88. The number of carbonyl (C=O) groups excluding carboxylic acids is 1. The van der Waals surface area contributed by atoms with E-state index in [0.717, 1.165) is 5.82 Å². The highest BCUT2D eigenvalue weighted by Gasteiger charge is 2.26. The number of nitrogens with zero attached hydrogens (tertiary/aromatic N) is 3. The number of nitrogens with two attached hydrogens (primary N) is 1. The molecular weight excluding hydrogens is 292 g/mol. The standard InChI is InChI=1S/C14H21ClN4O2/c1-14(2,3)21-13(20)19-6-4-18(5-7-19)12-9-10(16)8-11(15)17-12/h8-9H,4-7H2,1-3H3,(H2,16,17). The van der Waals surface area contributed by atoms with Crippen LogP contribution in [0.15, 0.2) is 12.1 Å². The molecule has 0 atom stereocenters. The fraction of sp³-hybridized carbons (Fsp3) is 0.571. The van der Waals surface area contributed by atoms with E-state index in [2.05, 4.69) is 9.88 Å². The van der Waals surface area contributed by atoms with Crippen molar-refractivity contribution in [2.45, 2.75) is 26.4 Å². The van der Waals surface area contributed by atoms with Crippen molar-refractivity contribution in [3.05, 3.63) is 17.3 Å². The number of aromatic nitrogens is 1. The van der Waals surface area contributed by atoms with Gasteiger partial charge in [0.15, 0.2) is 0 Å². The van der Waals surface area contributed by atoms with E-state index in [0.29, 0.717) is 37.0 Å². The number of pyridine rings is 1. The maximum absolute atomic E-state index is 12.0. The Morgan fingerprint density at radius 1 is 1.29 bits per heavy atom. The van der Waals surface area contributed by atoms with E-state index in [-0.39, 0.29) is 6.09 Å². The first kappa shape index (κ1) is 15.7. The number of rotatable bonds is 1. The van der Waals surface area contributed by atoms with Gasteiger partial charge in [0.25, 0.3) is 0 Å². The topological polar surface area (TPSA) is 71.7 Å². The van der Waals surface area contributed by atoms with Crippen LogP contribution in [0.25, 0.3) is 0 Å². The van der Waals surface area contributed by atoms with Crippen LogP contribution in [0.3, 0.4) is 0 Å². The number of ether oxygens (including phenoxy) is 1. The van der Waals surface area contributed by atoms with Gasteiger partial charge in [-0.05, 0) is 26.8 Å². The first-order chi connectivity index (χ1) is 9.74. The van der Waals surface area contributed by atoms with Gasteiger partial charge in [-0.25, -0.2) is 9.78 Å². The highest BCUT2D eigenvalue weighted by Crippen LogP contribution is 2.21. The number of amides is 1. The molecule has 116 valence electrons. The average molecular weight is 313 g/mol. The van der Waals surface area contributed by atoms with Crippen LogP contribution < -0.4 is 10.6 Å². The van der Waals surface area contributed by atoms with Crippen LogP contribution in [-0.2, 0) is 4.74 Å². The Balaban J connectivity index is 1.95. The molecule has 1 amide bonds. The second-order valence-electron chi connectivity index (χ2n) is 6.04. The highest BCUT2D eigenvalue weighted by molar-refractivity contribution is 6.29. The smallest absolute Gasteiger partial charge is 0.410 e. The molecule has 2 rings (SSSR count). The molecule has 1 saturated heterocycles. The monoisotopic (exact) mass is 312 g/mol. The Morgan fingerprint density at radius 2 is 1.90 bits per heavy atom. The van der Waals surface area contributed by atoms with Crippen LogP contribution in [-0.4, -0.2) is 47.8 Å². The van der Waals surface area contributed by atoms with Crippen LogP contribution in [0.2, 0.25) is 5.15 Å². The van der Waals surface area contributed by atoms with E-state index in [9.17, 15) is 4.79 Å². The Morgan fingerprint density at radius 3 is 2.43 bits per heavy atom. The molecule has 0 unspecified atom stereocenters. The van der Waals surface area contributed by atoms with Gasteiger partial charge in [0.05, 0.1) is 0 Å². The van der Waals surface area contributed by atoms with Crippen molar-refractivity contribution in [2.24, 2.45) is 0 Å². The summed E-state index contributed by atoms with van der Waals surface area (Å²) >= 11 is 5.92. The van der Waals surface area contributed by atoms with Crippen LogP contribution >= 0.6 is 11.6 Å². The second-order valence-corrected chi connectivity index (χ2v) is 6.42. The molecule has 1 aliphatic rings.